The fourth-order valence-corrected chi connectivity index (χ4v) is 2.70. The van der Waals surface area contributed by atoms with Crippen molar-refractivity contribution in [1.29, 1.82) is 5.26 Å². The van der Waals surface area contributed by atoms with Gasteiger partial charge in [-0.25, -0.2) is 0 Å². The van der Waals surface area contributed by atoms with Crippen LogP contribution in [-0.2, 0) is 0 Å². The van der Waals surface area contributed by atoms with E-state index in [0.29, 0.717) is 18.5 Å². The summed E-state index contributed by atoms with van der Waals surface area (Å²) in [6.45, 7) is 0. The van der Waals surface area contributed by atoms with Crippen LogP contribution >= 0.6 is 0 Å². The second kappa shape index (κ2) is 6.22. The molecule has 1 aromatic carbocycles. The quantitative estimate of drug-likeness (QED) is 0.675. The van der Waals surface area contributed by atoms with E-state index in [1.54, 1.807) is 0 Å². The van der Waals surface area contributed by atoms with Gasteiger partial charge in [-0.15, -0.1) is 0 Å². The predicted molar refractivity (Wildman–Crippen MR) is 73.2 cm³/mol. The van der Waals surface area contributed by atoms with E-state index in [9.17, 15) is 23.3 Å². The largest absolute Gasteiger partial charge is 0.391 e. The smallest absolute Gasteiger partial charge is 0.381 e. The predicted octanol–water partition coefficient (Wildman–Crippen LogP) is 4.00. The van der Waals surface area contributed by atoms with Crippen LogP contribution in [0.5, 0.6) is 0 Å². The summed E-state index contributed by atoms with van der Waals surface area (Å²) in [5.41, 5.74) is 0.170. The summed E-state index contributed by atoms with van der Waals surface area (Å²) in [5, 5.41) is 22.6. The van der Waals surface area contributed by atoms with Gasteiger partial charge in [0.15, 0.2) is 0 Å². The summed E-state index contributed by atoms with van der Waals surface area (Å²) in [6, 6.07) is 5.15. The molecule has 1 aliphatic rings. The number of hydrogen-bond acceptors (Lipinski definition) is 4. The zero-order valence-corrected chi connectivity index (χ0v) is 11.6. The van der Waals surface area contributed by atoms with Crippen molar-refractivity contribution in [1.82, 2.24) is 0 Å². The molecule has 5 nitrogen and oxygen atoms in total. The molecule has 2 unspecified atom stereocenters. The molecule has 8 heteroatoms. The van der Waals surface area contributed by atoms with Gasteiger partial charge in [-0.05, 0) is 25.3 Å². The van der Waals surface area contributed by atoms with Crippen molar-refractivity contribution in [2.45, 2.75) is 37.9 Å². The number of alkyl halides is 3. The molecule has 1 aromatic rings. The molecule has 0 radical (unpaired) electrons. The average molecular weight is 313 g/mol. The summed E-state index contributed by atoms with van der Waals surface area (Å²) in [4.78, 5) is 10.1. The Morgan fingerprint density at radius 2 is 2.09 bits per heavy atom. The van der Waals surface area contributed by atoms with Crippen molar-refractivity contribution in [2.75, 3.05) is 5.32 Å². The molecule has 118 valence electrons. The third kappa shape index (κ3) is 3.67. The van der Waals surface area contributed by atoms with Gasteiger partial charge in [-0.2, -0.15) is 18.4 Å². The third-order valence-corrected chi connectivity index (χ3v) is 3.83. The Labute approximate surface area is 124 Å². The van der Waals surface area contributed by atoms with Gasteiger partial charge in [0.25, 0.3) is 5.69 Å². The van der Waals surface area contributed by atoms with Gasteiger partial charge in [0.05, 0.1) is 22.1 Å². The van der Waals surface area contributed by atoms with Crippen molar-refractivity contribution in [3.63, 3.8) is 0 Å². The Kier molecular flexibility index (Phi) is 4.54. The van der Waals surface area contributed by atoms with Gasteiger partial charge in [-0.3, -0.25) is 10.1 Å². The summed E-state index contributed by atoms with van der Waals surface area (Å²) < 4.78 is 38.4. The summed E-state index contributed by atoms with van der Waals surface area (Å²) in [5.74, 6) is -1.35. The molecule has 0 aromatic heterocycles. The van der Waals surface area contributed by atoms with E-state index in [1.807, 2.05) is 6.07 Å². The Morgan fingerprint density at radius 3 is 2.68 bits per heavy atom. The number of nitro benzene ring substituents is 1. The lowest BCUT2D eigenvalue weighted by Gasteiger charge is -2.31. The minimum Gasteiger partial charge on any atom is -0.381 e. The highest BCUT2D eigenvalue weighted by Gasteiger charge is 2.42. The molecule has 22 heavy (non-hydrogen) atoms. The first kappa shape index (κ1) is 16.1. The highest BCUT2D eigenvalue weighted by Crippen LogP contribution is 2.38. The molecular formula is C14H14F3N3O2. The molecule has 0 heterocycles. The standard InChI is InChI=1S/C14H14F3N3O2/c15-14(16,17)10-2-1-3-11(7-10)19-13-5-4-12(20(21)22)6-9(13)8-18/h4-6,10-11,19H,1-3,7H2. The zero-order valence-electron chi connectivity index (χ0n) is 11.6. The maximum Gasteiger partial charge on any atom is 0.391 e. The molecule has 1 aliphatic carbocycles. The normalized spacial score (nSPS) is 21.9. The number of nitro groups is 1. The molecule has 0 amide bonds. The molecule has 1 N–H and O–H groups in total. The molecule has 1 fully saturated rings. The lowest BCUT2D eigenvalue weighted by molar-refractivity contribution is -0.384. The van der Waals surface area contributed by atoms with Crippen LogP contribution in [0.4, 0.5) is 24.5 Å². The number of hydrogen-bond donors (Lipinski definition) is 1. The average Bonchev–Trinajstić information content (AvgIpc) is 2.47. The minimum absolute atomic E-state index is 0.0502. The van der Waals surface area contributed by atoms with E-state index in [-0.39, 0.29) is 24.1 Å². The van der Waals surface area contributed by atoms with Crippen LogP contribution in [0.15, 0.2) is 18.2 Å². The maximum absolute atomic E-state index is 12.8. The summed E-state index contributed by atoms with van der Waals surface area (Å²) >= 11 is 0. The highest BCUT2D eigenvalue weighted by atomic mass is 19.4. The van der Waals surface area contributed by atoms with E-state index >= 15 is 0 Å². The van der Waals surface area contributed by atoms with Crippen LogP contribution in [0.2, 0.25) is 0 Å². The number of nitrogens with zero attached hydrogens (tertiary/aromatic N) is 2. The lowest BCUT2D eigenvalue weighted by atomic mass is 9.85. The van der Waals surface area contributed by atoms with Gasteiger partial charge in [0.1, 0.15) is 6.07 Å². The first-order valence-corrected chi connectivity index (χ1v) is 6.83. The number of nitriles is 1. The zero-order chi connectivity index (χ0) is 16.3. The summed E-state index contributed by atoms with van der Waals surface area (Å²) in [7, 11) is 0. The number of rotatable bonds is 3. The Bertz CT molecular complexity index is 610. The topological polar surface area (TPSA) is 79.0 Å². The molecule has 1 saturated carbocycles. The molecular weight excluding hydrogens is 299 g/mol. The van der Waals surface area contributed by atoms with Gasteiger partial charge < -0.3 is 5.32 Å². The Morgan fingerprint density at radius 1 is 1.36 bits per heavy atom. The molecule has 2 atom stereocenters. The van der Waals surface area contributed by atoms with Gasteiger partial charge >= 0.3 is 6.18 Å². The number of benzene rings is 1. The molecule has 2 rings (SSSR count). The minimum atomic E-state index is -4.21. The molecule has 0 aliphatic heterocycles. The first-order chi connectivity index (χ1) is 10.3. The van der Waals surface area contributed by atoms with Crippen LogP contribution in [0.25, 0.3) is 0 Å². The summed E-state index contributed by atoms with van der Waals surface area (Å²) in [6.07, 6.45) is -3.11. The van der Waals surface area contributed by atoms with Crippen molar-refractivity contribution < 1.29 is 18.1 Å². The number of non-ortho nitro benzene ring substituents is 1. The Balaban J connectivity index is 2.13. The lowest BCUT2D eigenvalue weighted by Crippen LogP contribution is -2.34. The van der Waals surface area contributed by atoms with Crippen LogP contribution in [-0.4, -0.2) is 17.1 Å². The number of anilines is 1. The van der Waals surface area contributed by atoms with Crippen LogP contribution in [0, 0.1) is 27.4 Å². The van der Waals surface area contributed by atoms with E-state index in [1.165, 1.54) is 12.1 Å². The fraction of sp³-hybridized carbons (Fsp3) is 0.500. The van der Waals surface area contributed by atoms with E-state index < -0.39 is 23.1 Å². The van der Waals surface area contributed by atoms with Crippen molar-refractivity contribution in [3.8, 4) is 6.07 Å². The van der Waals surface area contributed by atoms with Crippen molar-refractivity contribution >= 4 is 11.4 Å². The molecule has 0 saturated heterocycles. The SMILES string of the molecule is N#Cc1cc([N+](=O)[O-])ccc1NC1CCCC(C(F)(F)F)C1. The van der Waals surface area contributed by atoms with Crippen LogP contribution < -0.4 is 5.32 Å². The van der Waals surface area contributed by atoms with Crippen LogP contribution in [0.3, 0.4) is 0 Å². The monoisotopic (exact) mass is 313 g/mol. The molecule has 0 spiro atoms. The van der Waals surface area contributed by atoms with E-state index in [2.05, 4.69) is 5.32 Å². The van der Waals surface area contributed by atoms with Crippen molar-refractivity contribution in [2.24, 2.45) is 5.92 Å². The second-order valence-corrected chi connectivity index (χ2v) is 5.35. The maximum atomic E-state index is 12.8. The second-order valence-electron chi connectivity index (χ2n) is 5.35. The highest BCUT2D eigenvalue weighted by molar-refractivity contribution is 5.61. The number of halogens is 3. The van der Waals surface area contributed by atoms with Gasteiger partial charge in [0, 0.05) is 18.2 Å². The first-order valence-electron chi connectivity index (χ1n) is 6.83. The Hall–Kier alpha value is -2.30. The van der Waals surface area contributed by atoms with Gasteiger partial charge in [-0.1, -0.05) is 6.42 Å². The van der Waals surface area contributed by atoms with Gasteiger partial charge in [0.2, 0.25) is 0 Å². The fourth-order valence-electron chi connectivity index (χ4n) is 2.70. The van der Waals surface area contributed by atoms with E-state index in [0.717, 1.165) is 6.07 Å². The molecule has 0 bridgehead atoms. The van der Waals surface area contributed by atoms with Crippen molar-refractivity contribution in [3.05, 3.63) is 33.9 Å². The van der Waals surface area contributed by atoms with E-state index in [4.69, 9.17) is 5.26 Å². The van der Waals surface area contributed by atoms with Crippen LogP contribution in [0.1, 0.15) is 31.2 Å². The third-order valence-electron chi connectivity index (χ3n) is 3.83. The number of nitrogens with one attached hydrogen (secondary N) is 1.